The molecule has 1 aliphatic heterocycles. The van der Waals surface area contributed by atoms with Crippen LogP contribution < -0.4 is 5.32 Å². The van der Waals surface area contributed by atoms with Crippen LogP contribution in [-0.4, -0.2) is 54.1 Å². The highest BCUT2D eigenvalue weighted by Crippen LogP contribution is 2.19. The molecule has 4 rings (SSSR count). The maximum atomic E-state index is 12.5. The van der Waals surface area contributed by atoms with Crippen LogP contribution in [0.3, 0.4) is 0 Å². The molecule has 0 radical (unpaired) electrons. The number of carbonyl (C=O) groups is 1. The minimum absolute atomic E-state index is 0.221. The molecule has 30 heavy (non-hydrogen) atoms. The highest BCUT2D eigenvalue weighted by Gasteiger charge is 2.15. The first kappa shape index (κ1) is 20.3. The summed E-state index contributed by atoms with van der Waals surface area (Å²) in [6.45, 7) is 7.83. The standard InChI is InChI=1S/C24H28N4O2/c1-18-6-8-21(9-7-18)22-15-23(30-26-22)24(29)25-16-19-4-3-5-20(14-19)17-28-12-10-27(2)11-13-28/h3-9,14-15H,10-13,16-17H2,1-2H3,(H,25,29). The molecule has 1 saturated heterocycles. The fourth-order valence-electron chi connectivity index (χ4n) is 3.61. The molecule has 6 heteroatoms. The largest absolute Gasteiger partial charge is 0.350 e. The minimum atomic E-state index is -0.259. The molecule has 0 spiro atoms. The lowest BCUT2D eigenvalue weighted by Crippen LogP contribution is -2.43. The van der Waals surface area contributed by atoms with Crippen LogP contribution in [-0.2, 0) is 13.1 Å². The van der Waals surface area contributed by atoms with E-state index in [0.29, 0.717) is 12.2 Å². The van der Waals surface area contributed by atoms with Crippen molar-refractivity contribution in [3.05, 3.63) is 77.0 Å². The second-order valence-corrected chi connectivity index (χ2v) is 8.02. The summed E-state index contributed by atoms with van der Waals surface area (Å²) in [7, 11) is 2.17. The Kier molecular flexibility index (Phi) is 6.26. The zero-order valence-corrected chi connectivity index (χ0v) is 17.6. The predicted molar refractivity (Wildman–Crippen MR) is 117 cm³/mol. The van der Waals surface area contributed by atoms with E-state index >= 15 is 0 Å². The third kappa shape index (κ3) is 5.14. The van der Waals surface area contributed by atoms with Crippen molar-refractivity contribution in [1.82, 2.24) is 20.3 Å². The minimum Gasteiger partial charge on any atom is -0.350 e. The van der Waals surface area contributed by atoms with Gasteiger partial charge in [-0.15, -0.1) is 0 Å². The number of piperazine rings is 1. The van der Waals surface area contributed by atoms with Gasteiger partial charge in [0.2, 0.25) is 5.76 Å². The molecule has 1 N–H and O–H groups in total. The summed E-state index contributed by atoms with van der Waals surface area (Å²) >= 11 is 0. The van der Waals surface area contributed by atoms with Crippen molar-refractivity contribution in [3.63, 3.8) is 0 Å². The second kappa shape index (κ2) is 9.24. The quantitative estimate of drug-likeness (QED) is 0.683. The van der Waals surface area contributed by atoms with Crippen molar-refractivity contribution >= 4 is 5.91 Å². The second-order valence-electron chi connectivity index (χ2n) is 8.02. The molecule has 0 unspecified atom stereocenters. The molecule has 0 aliphatic carbocycles. The molecule has 0 bridgehead atoms. The van der Waals surface area contributed by atoms with Gasteiger partial charge in [-0.3, -0.25) is 9.69 Å². The number of amides is 1. The van der Waals surface area contributed by atoms with Crippen molar-refractivity contribution in [2.75, 3.05) is 33.2 Å². The molecule has 1 aliphatic rings. The molecule has 1 fully saturated rings. The maximum absolute atomic E-state index is 12.5. The van der Waals surface area contributed by atoms with Crippen LogP contribution in [0.4, 0.5) is 0 Å². The summed E-state index contributed by atoms with van der Waals surface area (Å²) < 4.78 is 5.26. The summed E-state index contributed by atoms with van der Waals surface area (Å²) in [5.41, 5.74) is 5.12. The van der Waals surface area contributed by atoms with Crippen molar-refractivity contribution in [3.8, 4) is 11.3 Å². The number of likely N-dealkylation sites (N-methyl/N-ethyl adjacent to an activating group) is 1. The zero-order chi connectivity index (χ0) is 20.9. The normalized spacial score (nSPS) is 15.3. The summed E-state index contributed by atoms with van der Waals surface area (Å²) in [6.07, 6.45) is 0. The Morgan fingerprint density at radius 1 is 1.03 bits per heavy atom. The average molecular weight is 405 g/mol. The monoisotopic (exact) mass is 404 g/mol. The summed E-state index contributed by atoms with van der Waals surface area (Å²) in [6, 6.07) is 18.1. The summed E-state index contributed by atoms with van der Waals surface area (Å²) in [5, 5.41) is 6.96. The van der Waals surface area contributed by atoms with Gasteiger partial charge in [-0.05, 0) is 25.1 Å². The number of benzene rings is 2. The summed E-state index contributed by atoms with van der Waals surface area (Å²) in [4.78, 5) is 17.3. The van der Waals surface area contributed by atoms with Crippen LogP contribution in [0.1, 0.15) is 27.2 Å². The van der Waals surface area contributed by atoms with Gasteiger partial charge in [-0.2, -0.15) is 0 Å². The Hall–Kier alpha value is -2.96. The molecule has 2 aromatic carbocycles. The van der Waals surface area contributed by atoms with Crippen LogP contribution in [0.2, 0.25) is 0 Å². The lowest BCUT2D eigenvalue weighted by atomic mass is 10.1. The van der Waals surface area contributed by atoms with Gasteiger partial charge >= 0.3 is 0 Å². The van der Waals surface area contributed by atoms with Crippen molar-refractivity contribution in [2.24, 2.45) is 0 Å². The third-order valence-electron chi connectivity index (χ3n) is 5.53. The number of nitrogens with zero attached hydrogens (tertiary/aromatic N) is 3. The first-order valence-corrected chi connectivity index (χ1v) is 10.4. The van der Waals surface area contributed by atoms with Gasteiger partial charge in [0.25, 0.3) is 5.91 Å². The predicted octanol–water partition coefficient (Wildman–Crippen LogP) is 3.33. The van der Waals surface area contributed by atoms with Crippen LogP contribution in [0.15, 0.2) is 59.1 Å². The van der Waals surface area contributed by atoms with Crippen molar-refractivity contribution in [1.29, 1.82) is 0 Å². The number of nitrogens with one attached hydrogen (secondary N) is 1. The van der Waals surface area contributed by atoms with Crippen molar-refractivity contribution in [2.45, 2.75) is 20.0 Å². The molecule has 1 amide bonds. The van der Waals surface area contributed by atoms with Crippen molar-refractivity contribution < 1.29 is 9.32 Å². The Labute approximate surface area is 177 Å². The number of aryl methyl sites for hydroxylation is 1. The smallest absolute Gasteiger partial charge is 0.290 e. The molecule has 1 aromatic heterocycles. The molecule has 6 nitrogen and oxygen atoms in total. The SMILES string of the molecule is Cc1ccc(-c2cc(C(=O)NCc3cccc(CN4CCN(C)CC4)c3)on2)cc1. The van der Waals surface area contributed by atoms with Crippen LogP contribution in [0, 0.1) is 6.92 Å². The van der Waals surface area contributed by atoms with Gasteiger partial charge in [-0.1, -0.05) is 59.3 Å². The molecular weight excluding hydrogens is 376 g/mol. The Morgan fingerprint density at radius 2 is 1.77 bits per heavy atom. The molecule has 2 heterocycles. The van der Waals surface area contributed by atoms with E-state index < -0.39 is 0 Å². The van der Waals surface area contributed by atoms with E-state index in [9.17, 15) is 4.79 Å². The van der Waals surface area contributed by atoms with Gasteiger partial charge in [0.1, 0.15) is 5.69 Å². The van der Waals surface area contributed by atoms with E-state index in [1.54, 1.807) is 6.07 Å². The Morgan fingerprint density at radius 3 is 2.53 bits per heavy atom. The lowest BCUT2D eigenvalue weighted by molar-refractivity contribution is 0.0914. The fraction of sp³-hybridized carbons (Fsp3) is 0.333. The molecular formula is C24H28N4O2. The van der Waals surface area contributed by atoms with E-state index in [0.717, 1.165) is 43.9 Å². The first-order chi connectivity index (χ1) is 14.6. The van der Waals surface area contributed by atoms with Gasteiger partial charge in [0.05, 0.1) is 0 Å². The highest BCUT2D eigenvalue weighted by molar-refractivity contribution is 5.92. The van der Waals surface area contributed by atoms with Crippen LogP contribution in [0.25, 0.3) is 11.3 Å². The highest BCUT2D eigenvalue weighted by atomic mass is 16.5. The third-order valence-corrected chi connectivity index (χ3v) is 5.53. The lowest BCUT2D eigenvalue weighted by Gasteiger charge is -2.32. The van der Waals surface area contributed by atoms with E-state index in [-0.39, 0.29) is 11.7 Å². The molecule has 156 valence electrons. The number of hydrogen-bond donors (Lipinski definition) is 1. The van der Waals surface area contributed by atoms with E-state index in [1.807, 2.05) is 37.3 Å². The number of hydrogen-bond acceptors (Lipinski definition) is 5. The van der Waals surface area contributed by atoms with Gasteiger partial charge in [-0.25, -0.2) is 0 Å². The zero-order valence-electron chi connectivity index (χ0n) is 17.6. The first-order valence-electron chi connectivity index (χ1n) is 10.4. The molecule has 0 saturated carbocycles. The molecule has 0 atom stereocenters. The van der Waals surface area contributed by atoms with Gasteiger partial charge in [0.15, 0.2) is 0 Å². The molecule has 3 aromatic rings. The Bertz CT molecular complexity index is 988. The van der Waals surface area contributed by atoms with Crippen LogP contribution in [0.5, 0.6) is 0 Å². The van der Waals surface area contributed by atoms with E-state index in [2.05, 4.69) is 45.5 Å². The summed E-state index contributed by atoms with van der Waals surface area (Å²) in [5.74, 6) is -0.0375. The number of rotatable bonds is 6. The van der Waals surface area contributed by atoms with Gasteiger partial charge in [0, 0.05) is 50.9 Å². The number of carbonyl (C=O) groups excluding carboxylic acids is 1. The maximum Gasteiger partial charge on any atom is 0.290 e. The number of aromatic nitrogens is 1. The van der Waals surface area contributed by atoms with Crippen LogP contribution >= 0.6 is 0 Å². The fourth-order valence-corrected chi connectivity index (χ4v) is 3.61. The van der Waals surface area contributed by atoms with Gasteiger partial charge < -0.3 is 14.7 Å². The van der Waals surface area contributed by atoms with E-state index in [4.69, 9.17) is 4.52 Å². The topological polar surface area (TPSA) is 61.6 Å². The Balaban J connectivity index is 1.33. The average Bonchev–Trinajstić information content (AvgIpc) is 3.25. The van der Waals surface area contributed by atoms with E-state index in [1.165, 1.54) is 11.1 Å².